The first-order valence-electron chi connectivity index (χ1n) is 3.28. The van der Waals surface area contributed by atoms with Crippen LogP contribution in [0.1, 0.15) is 13.3 Å². The molecule has 3 heteroatoms. The van der Waals surface area contributed by atoms with Gasteiger partial charge in [-0.05, 0) is 12.5 Å². The fourth-order valence-corrected chi connectivity index (χ4v) is 3.97. The normalized spacial score (nSPS) is 15.7. The molecule has 0 aromatic rings. The van der Waals surface area contributed by atoms with Gasteiger partial charge in [-0.3, -0.25) is 0 Å². The second-order valence-corrected chi connectivity index (χ2v) is 10.5. The smallest absolute Gasteiger partial charge is 0.151 e. The average Bonchev–Trinajstić information content (AvgIpc) is 1.62. The summed E-state index contributed by atoms with van der Waals surface area (Å²) < 4.78 is 0. The van der Waals surface area contributed by atoms with Crippen molar-refractivity contribution in [2.75, 3.05) is 0 Å². The van der Waals surface area contributed by atoms with Crippen LogP contribution in [0.15, 0.2) is 0 Å². The Kier molecular flexibility index (Phi) is 4.18. The minimum Gasteiger partial charge on any atom is -0.168 e. The van der Waals surface area contributed by atoms with E-state index in [0.717, 1.165) is 12.5 Å². The van der Waals surface area contributed by atoms with Gasteiger partial charge in [-0.2, -0.15) is 11.1 Å². The van der Waals surface area contributed by atoms with Crippen molar-refractivity contribution in [1.29, 1.82) is 0 Å². The van der Waals surface area contributed by atoms with Crippen LogP contribution in [-0.2, 0) is 0 Å². The molecule has 0 fully saturated rings. The molecule has 56 valence electrons. The summed E-state index contributed by atoms with van der Waals surface area (Å²) in [7, 11) is -1.40. The zero-order valence-corrected chi connectivity index (χ0v) is 8.76. The third-order valence-electron chi connectivity index (χ3n) is 1.15. The molecule has 0 nitrogen and oxygen atoms in total. The van der Waals surface area contributed by atoms with Crippen LogP contribution < -0.4 is 0 Å². The van der Waals surface area contributed by atoms with Gasteiger partial charge in [0.05, 0.1) is 0 Å². The van der Waals surface area contributed by atoms with Crippen molar-refractivity contribution < 1.29 is 0 Å². The summed E-state index contributed by atoms with van der Waals surface area (Å²) in [6.45, 7) is 6.34. The zero-order valence-electron chi connectivity index (χ0n) is 6.25. The van der Waals surface area contributed by atoms with Gasteiger partial charge >= 0.3 is 0 Å². The number of hydrogen-bond donors (Lipinski definition) is 0. The van der Waals surface area contributed by atoms with E-state index in [2.05, 4.69) is 20.0 Å². The quantitative estimate of drug-likeness (QED) is 0.359. The molecule has 0 heterocycles. The van der Waals surface area contributed by atoms with E-state index in [-0.39, 0.29) is 0 Å². The first kappa shape index (κ1) is 9.80. The second kappa shape index (κ2) is 3.84. The molecule has 9 heavy (non-hydrogen) atoms. The van der Waals surface area contributed by atoms with E-state index in [9.17, 15) is 0 Å². The lowest BCUT2D eigenvalue weighted by molar-refractivity contribution is 0.882. The van der Waals surface area contributed by atoms with Crippen molar-refractivity contribution in [3.63, 3.8) is 0 Å². The highest BCUT2D eigenvalue weighted by Crippen LogP contribution is 2.21. The average molecular weight is 185 g/mol. The van der Waals surface area contributed by atoms with Gasteiger partial charge < -0.3 is 0 Å². The molecule has 0 N–H and O–H groups in total. The maximum Gasteiger partial charge on any atom is 0.151 e. The molecule has 1 atom stereocenters. The predicted octanol–water partition coefficient (Wildman–Crippen LogP) is 3.45. The minimum atomic E-state index is -1.40. The molecule has 0 saturated carbocycles. The lowest BCUT2D eigenvalue weighted by Crippen LogP contribution is -2.20. The Hall–Kier alpha value is 0.797. The van der Waals surface area contributed by atoms with Gasteiger partial charge in [0.1, 0.15) is 0 Å². The van der Waals surface area contributed by atoms with Gasteiger partial charge in [0.25, 0.3) is 0 Å². The Labute approximate surface area is 68.3 Å². The largest absolute Gasteiger partial charge is 0.168 e. The van der Waals surface area contributed by atoms with Crippen LogP contribution in [0.25, 0.3) is 0 Å². The lowest BCUT2D eigenvalue weighted by atomic mass is 10.4. The number of rotatable bonds is 3. The van der Waals surface area contributed by atoms with E-state index in [1.165, 1.54) is 0 Å². The summed E-state index contributed by atoms with van der Waals surface area (Å²) in [5.74, 6) is 0. The molecule has 0 aromatic carbocycles. The first-order valence-corrected chi connectivity index (χ1v) is 7.94. The Bertz CT molecular complexity index is 77.6. The van der Waals surface area contributed by atoms with Crippen molar-refractivity contribution >= 4 is 30.1 Å². The third kappa shape index (κ3) is 6.69. The molecule has 0 radical (unpaired) electrons. The molecule has 0 aliphatic heterocycles. The summed E-state index contributed by atoms with van der Waals surface area (Å²) in [5.41, 5.74) is 0. The Morgan fingerprint density at radius 2 is 1.89 bits per heavy atom. The van der Waals surface area contributed by atoms with Gasteiger partial charge in [0.2, 0.25) is 0 Å². The van der Waals surface area contributed by atoms with Crippen molar-refractivity contribution in [2.45, 2.75) is 37.9 Å². The van der Waals surface area contributed by atoms with E-state index in [4.69, 9.17) is 22.7 Å². The maximum atomic E-state index is 6.06. The summed E-state index contributed by atoms with van der Waals surface area (Å²) in [6.07, 6.45) is 1.03. The Balaban J connectivity index is 3.47. The SMILES string of the molecule is CCC(Cl)C[Si](C)(C)Cl. The number of alkyl halides is 1. The summed E-state index contributed by atoms with van der Waals surface area (Å²) >= 11 is 12.0. The van der Waals surface area contributed by atoms with E-state index in [0.29, 0.717) is 5.38 Å². The van der Waals surface area contributed by atoms with Crippen LogP contribution in [0.3, 0.4) is 0 Å². The molecule has 0 saturated heterocycles. The van der Waals surface area contributed by atoms with E-state index in [1.54, 1.807) is 0 Å². The zero-order chi connectivity index (χ0) is 7.49. The van der Waals surface area contributed by atoms with Gasteiger partial charge in [0, 0.05) is 5.38 Å². The van der Waals surface area contributed by atoms with E-state index in [1.807, 2.05) is 0 Å². The van der Waals surface area contributed by atoms with Gasteiger partial charge in [-0.25, -0.2) is 0 Å². The Morgan fingerprint density at radius 3 is 2.00 bits per heavy atom. The van der Waals surface area contributed by atoms with Crippen molar-refractivity contribution in [3.8, 4) is 0 Å². The number of hydrogen-bond acceptors (Lipinski definition) is 0. The van der Waals surface area contributed by atoms with E-state index >= 15 is 0 Å². The fourth-order valence-electron chi connectivity index (χ4n) is 0.671. The standard InChI is InChI=1S/C6H14Cl2Si/c1-4-6(7)5-9(2,3)8/h6H,4-5H2,1-3H3. The molecule has 0 bridgehead atoms. The minimum absolute atomic E-state index is 0.296. The fraction of sp³-hybridized carbons (Fsp3) is 1.00. The molecular formula is C6H14Cl2Si. The highest BCUT2D eigenvalue weighted by Gasteiger charge is 2.20. The predicted molar refractivity (Wildman–Crippen MR) is 48.1 cm³/mol. The molecule has 0 amide bonds. The number of halogens is 2. The molecule has 0 aliphatic rings. The van der Waals surface area contributed by atoms with E-state index < -0.39 is 7.38 Å². The third-order valence-corrected chi connectivity index (χ3v) is 3.80. The van der Waals surface area contributed by atoms with Crippen molar-refractivity contribution in [3.05, 3.63) is 0 Å². The Morgan fingerprint density at radius 1 is 1.44 bits per heavy atom. The molecule has 0 aromatic heterocycles. The molecule has 0 rings (SSSR count). The van der Waals surface area contributed by atoms with Crippen LogP contribution in [0.4, 0.5) is 0 Å². The van der Waals surface area contributed by atoms with Gasteiger partial charge in [0.15, 0.2) is 7.38 Å². The molecule has 1 unspecified atom stereocenters. The van der Waals surface area contributed by atoms with Gasteiger partial charge in [-0.15, -0.1) is 11.6 Å². The van der Waals surface area contributed by atoms with Crippen LogP contribution in [-0.4, -0.2) is 12.8 Å². The lowest BCUT2D eigenvalue weighted by Gasteiger charge is -2.15. The van der Waals surface area contributed by atoms with Crippen LogP contribution in [0.5, 0.6) is 0 Å². The highest BCUT2D eigenvalue weighted by molar-refractivity contribution is 7.19. The van der Waals surface area contributed by atoms with Crippen LogP contribution >= 0.6 is 22.7 Å². The second-order valence-electron chi connectivity index (χ2n) is 2.93. The van der Waals surface area contributed by atoms with Crippen molar-refractivity contribution in [2.24, 2.45) is 0 Å². The molecule has 0 spiro atoms. The summed E-state index contributed by atoms with van der Waals surface area (Å²) in [5, 5.41) is 0.296. The van der Waals surface area contributed by atoms with Crippen LogP contribution in [0.2, 0.25) is 19.1 Å². The molecular weight excluding hydrogens is 171 g/mol. The topological polar surface area (TPSA) is 0 Å². The summed E-state index contributed by atoms with van der Waals surface area (Å²) in [6, 6.07) is 1.02. The van der Waals surface area contributed by atoms with Gasteiger partial charge in [-0.1, -0.05) is 20.0 Å². The van der Waals surface area contributed by atoms with Crippen LogP contribution in [0, 0.1) is 0 Å². The molecule has 0 aliphatic carbocycles. The monoisotopic (exact) mass is 184 g/mol. The first-order chi connectivity index (χ1) is 3.95. The summed E-state index contributed by atoms with van der Waals surface area (Å²) in [4.78, 5) is 0. The highest BCUT2D eigenvalue weighted by atomic mass is 35.6. The maximum absolute atomic E-state index is 6.06. The van der Waals surface area contributed by atoms with Crippen molar-refractivity contribution in [1.82, 2.24) is 0 Å².